The van der Waals surface area contributed by atoms with E-state index in [1.165, 1.54) is 12.4 Å². The Balaban J connectivity index is 1.23. The lowest BCUT2D eigenvalue weighted by Crippen LogP contribution is -2.65. The number of aliphatic carboxylic acids is 1. The third-order valence-corrected chi connectivity index (χ3v) is 8.59. The lowest BCUT2D eigenvalue weighted by Gasteiger charge is -2.50. The molecule has 0 radical (unpaired) electrons. The first kappa shape index (κ1) is 30.3. The molecule has 43 heavy (non-hydrogen) atoms. The topological polar surface area (TPSA) is 141 Å². The summed E-state index contributed by atoms with van der Waals surface area (Å²) >= 11 is 12.1. The maximum Gasteiger partial charge on any atom is 0.326 e. The zero-order valence-corrected chi connectivity index (χ0v) is 24.6. The fourth-order valence-corrected chi connectivity index (χ4v) is 6.42. The maximum absolute atomic E-state index is 13.6. The van der Waals surface area contributed by atoms with E-state index in [-0.39, 0.29) is 40.0 Å². The SMILES string of the molecule is O=C(Nc1ccc(C[C@H](NC(=O)C2C3CCC(CC3)N2C(=O)NCc2ccccc2)C(=O)O)cc1)c1c(Cl)cncc1Cl. The number of halogens is 2. The molecule has 12 heteroatoms. The molecule has 224 valence electrons. The standard InChI is InChI=1S/C31H31Cl2N5O5/c32-23-16-34-17-24(33)26(23)28(39)36-21-10-6-18(7-11-21)14-25(30(41)42)37-29(40)27-20-8-12-22(13-9-20)38(27)31(43)35-15-19-4-2-1-3-5-19/h1-7,10-11,16-17,20,22,25,27H,8-9,12-15H2,(H,35,43)(H,36,39)(H,37,40)(H,41,42)/t20?,22?,25-,27?/m0/s1. The lowest BCUT2D eigenvalue weighted by atomic mass is 9.74. The molecular formula is C31H31Cl2N5O5. The van der Waals surface area contributed by atoms with Crippen molar-refractivity contribution in [2.45, 2.75) is 56.8 Å². The minimum absolute atomic E-state index is 0.0122. The minimum Gasteiger partial charge on any atom is -0.480 e. The van der Waals surface area contributed by atoms with E-state index >= 15 is 0 Å². The van der Waals surface area contributed by atoms with Crippen molar-refractivity contribution >= 4 is 52.7 Å². The lowest BCUT2D eigenvalue weighted by molar-refractivity contribution is -0.144. The molecule has 2 aliphatic heterocycles. The van der Waals surface area contributed by atoms with E-state index in [1.807, 2.05) is 30.3 Å². The van der Waals surface area contributed by atoms with Gasteiger partial charge in [0.05, 0.1) is 15.6 Å². The van der Waals surface area contributed by atoms with Crippen LogP contribution in [0.1, 0.15) is 47.2 Å². The second kappa shape index (κ2) is 13.4. The number of carboxylic acids is 1. The molecule has 1 aliphatic carbocycles. The van der Waals surface area contributed by atoms with E-state index < -0.39 is 29.9 Å². The van der Waals surface area contributed by atoms with E-state index in [0.29, 0.717) is 17.8 Å². The number of rotatable bonds is 9. The normalized spacial score (nSPS) is 19.8. The van der Waals surface area contributed by atoms with Gasteiger partial charge < -0.3 is 26.0 Å². The molecule has 0 spiro atoms. The van der Waals surface area contributed by atoms with Gasteiger partial charge in [0.2, 0.25) is 5.91 Å². The molecule has 3 aromatic rings. The molecule has 3 heterocycles. The smallest absolute Gasteiger partial charge is 0.326 e. The van der Waals surface area contributed by atoms with E-state index in [2.05, 4.69) is 20.9 Å². The number of piperidine rings is 2. The van der Waals surface area contributed by atoms with Crippen LogP contribution in [-0.2, 0) is 22.6 Å². The summed E-state index contributed by atoms with van der Waals surface area (Å²) in [5, 5.41) is 18.5. The number of carboxylic acid groups (broad SMARTS) is 1. The summed E-state index contributed by atoms with van der Waals surface area (Å²) in [6.45, 7) is 0.332. The molecule has 1 unspecified atom stereocenters. The molecule has 10 nitrogen and oxygen atoms in total. The highest BCUT2D eigenvalue weighted by Crippen LogP contribution is 2.40. The average molecular weight is 625 g/mol. The van der Waals surface area contributed by atoms with Gasteiger partial charge in [0.1, 0.15) is 12.1 Å². The number of nitrogens with one attached hydrogen (secondary N) is 3. The van der Waals surface area contributed by atoms with Crippen molar-refractivity contribution in [3.63, 3.8) is 0 Å². The second-order valence-electron chi connectivity index (χ2n) is 10.8. The Morgan fingerprint density at radius 1 is 0.907 bits per heavy atom. The molecule has 1 aromatic heterocycles. The second-order valence-corrected chi connectivity index (χ2v) is 11.6. The third kappa shape index (κ3) is 7.09. The van der Waals surface area contributed by atoms with E-state index in [9.17, 15) is 24.3 Å². The van der Waals surface area contributed by atoms with Crippen molar-refractivity contribution in [2.75, 3.05) is 5.32 Å². The molecule has 3 fully saturated rings. The third-order valence-electron chi connectivity index (χ3n) is 8.02. The molecule has 4 N–H and O–H groups in total. The Morgan fingerprint density at radius 2 is 1.56 bits per heavy atom. The van der Waals surface area contributed by atoms with Crippen molar-refractivity contribution in [3.8, 4) is 0 Å². The van der Waals surface area contributed by atoms with E-state index in [1.54, 1.807) is 29.2 Å². The summed E-state index contributed by atoms with van der Waals surface area (Å²) in [6, 6.07) is 13.7. The molecule has 2 aromatic carbocycles. The van der Waals surface area contributed by atoms with Crippen molar-refractivity contribution in [2.24, 2.45) is 5.92 Å². The van der Waals surface area contributed by atoms with E-state index in [0.717, 1.165) is 31.2 Å². The van der Waals surface area contributed by atoms with Crippen LogP contribution in [0, 0.1) is 5.92 Å². The number of benzene rings is 2. The molecule has 2 saturated heterocycles. The van der Waals surface area contributed by atoms with Gasteiger partial charge in [0.15, 0.2) is 0 Å². The number of amides is 4. The number of carbonyl (C=O) groups excluding carboxylic acids is 3. The van der Waals surface area contributed by atoms with Crippen LogP contribution < -0.4 is 16.0 Å². The van der Waals surface area contributed by atoms with Crippen molar-refractivity contribution in [3.05, 3.63) is 93.7 Å². The van der Waals surface area contributed by atoms with Gasteiger partial charge in [-0.15, -0.1) is 0 Å². The highest BCUT2D eigenvalue weighted by atomic mass is 35.5. The Bertz CT molecular complexity index is 1480. The molecule has 3 aliphatic rings. The first-order chi connectivity index (χ1) is 20.7. The zero-order valence-electron chi connectivity index (χ0n) is 23.1. The first-order valence-electron chi connectivity index (χ1n) is 14.0. The molecule has 6 rings (SSSR count). The number of pyridine rings is 1. The monoisotopic (exact) mass is 623 g/mol. The fraction of sp³-hybridized carbons (Fsp3) is 0.323. The highest BCUT2D eigenvalue weighted by Gasteiger charge is 2.48. The highest BCUT2D eigenvalue weighted by molar-refractivity contribution is 6.40. The Labute approximate surface area is 258 Å². The van der Waals surface area contributed by atoms with Crippen molar-refractivity contribution in [1.29, 1.82) is 0 Å². The first-order valence-corrected chi connectivity index (χ1v) is 14.8. The predicted octanol–water partition coefficient (Wildman–Crippen LogP) is 4.91. The Kier molecular flexibility index (Phi) is 9.47. The van der Waals surface area contributed by atoms with Gasteiger partial charge in [0, 0.05) is 37.1 Å². The number of anilines is 1. The number of hydrogen-bond acceptors (Lipinski definition) is 5. The number of aromatic nitrogens is 1. The quantitative estimate of drug-likeness (QED) is 0.267. The van der Waals surface area contributed by atoms with Crippen LogP contribution in [0.4, 0.5) is 10.5 Å². The summed E-state index contributed by atoms with van der Waals surface area (Å²) in [5.41, 5.74) is 2.12. The molecule has 2 atom stereocenters. The number of urea groups is 1. The van der Waals surface area contributed by atoms with Gasteiger partial charge in [0.25, 0.3) is 5.91 Å². The van der Waals surface area contributed by atoms with Crippen LogP contribution in [-0.4, -0.2) is 56.9 Å². The number of nitrogens with zero attached hydrogens (tertiary/aromatic N) is 2. The fourth-order valence-electron chi connectivity index (χ4n) is 5.89. The van der Waals surface area contributed by atoms with Gasteiger partial charge in [-0.2, -0.15) is 0 Å². The summed E-state index contributed by atoms with van der Waals surface area (Å²) in [4.78, 5) is 57.2. The number of hydrogen-bond donors (Lipinski definition) is 4. The molecule has 2 bridgehead atoms. The maximum atomic E-state index is 13.6. The van der Waals surface area contributed by atoms with Gasteiger partial charge in [-0.25, -0.2) is 9.59 Å². The zero-order chi connectivity index (χ0) is 30.5. The van der Waals surface area contributed by atoms with Gasteiger partial charge in [-0.1, -0.05) is 65.7 Å². The van der Waals surface area contributed by atoms with Crippen LogP contribution in [0.3, 0.4) is 0 Å². The van der Waals surface area contributed by atoms with Crippen molar-refractivity contribution in [1.82, 2.24) is 20.5 Å². The van der Waals surface area contributed by atoms with Crippen LogP contribution >= 0.6 is 23.2 Å². The van der Waals surface area contributed by atoms with E-state index in [4.69, 9.17) is 23.2 Å². The average Bonchev–Trinajstić information content (AvgIpc) is 3.01. The van der Waals surface area contributed by atoms with Crippen molar-refractivity contribution < 1.29 is 24.3 Å². The summed E-state index contributed by atoms with van der Waals surface area (Å²) in [5.74, 6) is -2.20. The Morgan fingerprint density at radius 3 is 2.19 bits per heavy atom. The van der Waals surface area contributed by atoms with Gasteiger partial charge in [-0.3, -0.25) is 14.6 Å². The summed E-state index contributed by atoms with van der Waals surface area (Å²) in [7, 11) is 0. The number of fused-ring (bicyclic) bond motifs is 3. The molecule has 4 amide bonds. The van der Waals surface area contributed by atoms with Crippen LogP contribution in [0.15, 0.2) is 67.0 Å². The van der Waals surface area contributed by atoms with Crippen LogP contribution in [0.2, 0.25) is 10.0 Å². The largest absolute Gasteiger partial charge is 0.480 e. The van der Waals surface area contributed by atoms with Crippen LogP contribution in [0.5, 0.6) is 0 Å². The summed E-state index contributed by atoms with van der Waals surface area (Å²) < 4.78 is 0. The predicted molar refractivity (Wildman–Crippen MR) is 162 cm³/mol. The Hall–Kier alpha value is -4.15. The summed E-state index contributed by atoms with van der Waals surface area (Å²) in [6.07, 6.45) is 5.91. The minimum atomic E-state index is -1.21. The van der Waals surface area contributed by atoms with Gasteiger partial charge in [-0.05, 0) is 54.9 Å². The van der Waals surface area contributed by atoms with Gasteiger partial charge >= 0.3 is 12.0 Å². The van der Waals surface area contributed by atoms with Crippen LogP contribution in [0.25, 0.3) is 0 Å². The number of carbonyl (C=O) groups is 4. The molecule has 1 saturated carbocycles. The molecular weight excluding hydrogens is 593 g/mol.